The summed E-state index contributed by atoms with van der Waals surface area (Å²) in [5.74, 6) is -1.40. The van der Waals surface area contributed by atoms with Crippen molar-refractivity contribution in [3.63, 3.8) is 0 Å². The van der Waals surface area contributed by atoms with Crippen LogP contribution in [0.3, 0.4) is 0 Å². The molecule has 0 N–H and O–H groups in total. The van der Waals surface area contributed by atoms with E-state index in [9.17, 15) is 0 Å². The van der Waals surface area contributed by atoms with Crippen LogP contribution in [0.25, 0.3) is 0 Å². The summed E-state index contributed by atoms with van der Waals surface area (Å²) in [6.07, 6.45) is 0. The van der Waals surface area contributed by atoms with Gasteiger partial charge >= 0.3 is 5.97 Å². The molecule has 1 fully saturated rings. The summed E-state index contributed by atoms with van der Waals surface area (Å²) in [5.41, 5.74) is 1.27. The molecule has 1 aromatic carbocycles. The molecule has 114 valence electrons. The molecule has 0 aliphatic carbocycles. The molecule has 0 radical (unpaired) electrons. The van der Waals surface area contributed by atoms with Crippen LogP contribution < -0.4 is 0 Å². The van der Waals surface area contributed by atoms with Gasteiger partial charge in [-0.25, -0.2) is 0 Å². The van der Waals surface area contributed by atoms with E-state index in [1.165, 1.54) is 0 Å². The van der Waals surface area contributed by atoms with Crippen molar-refractivity contribution >= 4 is 28.9 Å². The monoisotopic (exact) mass is 329 g/mol. The molecular formula is C15H17Cl2NO3. The number of hydrogen-bond donors (Lipinski definition) is 0. The van der Waals surface area contributed by atoms with E-state index in [1.54, 1.807) is 18.2 Å². The second kappa shape index (κ2) is 5.13. The van der Waals surface area contributed by atoms with Gasteiger partial charge in [-0.05, 0) is 19.1 Å². The van der Waals surface area contributed by atoms with Gasteiger partial charge in [0.15, 0.2) is 0 Å². The Bertz CT molecular complexity index is 570. The minimum absolute atomic E-state index is 0.0425. The predicted molar refractivity (Wildman–Crippen MR) is 81.7 cm³/mol. The molecule has 6 heteroatoms. The van der Waals surface area contributed by atoms with Gasteiger partial charge in [-0.1, -0.05) is 48.3 Å². The first-order valence-electron chi connectivity index (χ1n) is 6.83. The molecule has 2 heterocycles. The molecule has 0 amide bonds. The summed E-state index contributed by atoms with van der Waals surface area (Å²) in [6, 6.07) is 5.34. The Hall–Kier alpha value is -0.810. The average molecular weight is 330 g/mol. The number of rotatable bonds is 1. The molecule has 4 nitrogen and oxygen atoms in total. The van der Waals surface area contributed by atoms with E-state index in [1.807, 2.05) is 6.92 Å². The molecule has 1 unspecified atom stereocenters. The normalized spacial score (nSPS) is 26.5. The first kappa shape index (κ1) is 15.1. The lowest BCUT2D eigenvalue weighted by atomic mass is 9.92. The fourth-order valence-electron chi connectivity index (χ4n) is 2.42. The zero-order chi connectivity index (χ0) is 15.3. The maximum Gasteiger partial charge on any atom is 0.358 e. The van der Waals surface area contributed by atoms with Crippen molar-refractivity contribution in [1.82, 2.24) is 0 Å². The van der Waals surface area contributed by atoms with Crippen molar-refractivity contribution in [3.05, 3.63) is 33.8 Å². The summed E-state index contributed by atoms with van der Waals surface area (Å²) in [5, 5.41) is 5.20. The Morgan fingerprint density at radius 2 is 1.71 bits per heavy atom. The minimum Gasteiger partial charge on any atom is -0.331 e. The highest BCUT2D eigenvalue weighted by atomic mass is 35.5. The van der Waals surface area contributed by atoms with Gasteiger partial charge in [0.1, 0.15) is 5.71 Å². The van der Waals surface area contributed by atoms with Gasteiger partial charge in [0.05, 0.1) is 29.2 Å². The lowest BCUT2D eigenvalue weighted by Gasteiger charge is -2.40. The van der Waals surface area contributed by atoms with Crippen molar-refractivity contribution in [2.45, 2.75) is 26.7 Å². The summed E-state index contributed by atoms with van der Waals surface area (Å²) in [7, 11) is 0. The summed E-state index contributed by atoms with van der Waals surface area (Å²) < 4.78 is 11.7. The number of hydrogen-bond acceptors (Lipinski definition) is 4. The van der Waals surface area contributed by atoms with Crippen molar-refractivity contribution in [2.24, 2.45) is 16.5 Å². The van der Waals surface area contributed by atoms with Gasteiger partial charge in [-0.3, -0.25) is 0 Å². The van der Waals surface area contributed by atoms with Gasteiger partial charge in [-0.2, -0.15) is 0 Å². The molecule has 21 heavy (non-hydrogen) atoms. The maximum atomic E-state index is 6.25. The Balaban J connectivity index is 1.89. The topological polar surface area (TPSA) is 40.0 Å². The van der Waals surface area contributed by atoms with Gasteiger partial charge in [0.2, 0.25) is 0 Å². The number of ether oxygens (including phenoxy) is 2. The van der Waals surface area contributed by atoms with Crippen LogP contribution >= 0.6 is 23.2 Å². The Kier molecular flexibility index (Phi) is 3.69. The number of oxime groups is 1. The Morgan fingerprint density at radius 3 is 2.29 bits per heavy atom. The van der Waals surface area contributed by atoms with Crippen molar-refractivity contribution in [3.8, 4) is 0 Å². The smallest absolute Gasteiger partial charge is 0.331 e. The molecule has 0 saturated carbocycles. The van der Waals surface area contributed by atoms with Gasteiger partial charge in [0, 0.05) is 11.0 Å². The third kappa shape index (κ3) is 2.55. The minimum atomic E-state index is -1.17. The molecular weight excluding hydrogens is 313 g/mol. The zero-order valence-electron chi connectivity index (χ0n) is 12.2. The number of halogens is 2. The quantitative estimate of drug-likeness (QED) is 0.779. The standard InChI is InChI=1S/C15H17Cl2NO3/c1-9-13(12-10(16)5-4-6-11(12)17)18-21-15(9)19-7-14(2,3)8-20-15/h4-6,9H,7-8H2,1-3H3. The van der Waals surface area contributed by atoms with Crippen LogP contribution in [0.5, 0.6) is 0 Å². The first-order chi connectivity index (χ1) is 9.85. The molecule has 3 rings (SSSR count). The SMILES string of the molecule is CC1C(c2c(Cl)cccc2Cl)=NOC12OCC(C)(C)CO2. The average Bonchev–Trinajstić information content (AvgIpc) is 2.72. The molecule has 2 aliphatic heterocycles. The van der Waals surface area contributed by atoms with Crippen LogP contribution in [0, 0.1) is 11.3 Å². The Labute approximate surface area is 134 Å². The summed E-state index contributed by atoms with van der Waals surface area (Å²) in [6.45, 7) is 7.16. The Morgan fingerprint density at radius 1 is 1.14 bits per heavy atom. The van der Waals surface area contributed by atoms with Gasteiger partial charge in [-0.15, -0.1) is 0 Å². The van der Waals surface area contributed by atoms with Crippen LogP contribution in [-0.4, -0.2) is 24.9 Å². The van der Waals surface area contributed by atoms with Gasteiger partial charge in [0.25, 0.3) is 0 Å². The van der Waals surface area contributed by atoms with Crippen LogP contribution in [0.2, 0.25) is 10.0 Å². The van der Waals surface area contributed by atoms with E-state index in [0.29, 0.717) is 34.5 Å². The van der Waals surface area contributed by atoms with E-state index < -0.39 is 5.97 Å². The highest BCUT2D eigenvalue weighted by molar-refractivity contribution is 6.40. The second-order valence-corrected chi connectivity index (χ2v) is 7.05. The van der Waals surface area contributed by atoms with Crippen LogP contribution in [0.4, 0.5) is 0 Å². The fourth-order valence-corrected chi connectivity index (χ4v) is 3.01. The molecule has 1 aromatic rings. The third-order valence-electron chi connectivity index (χ3n) is 3.76. The highest BCUT2D eigenvalue weighted by Gasteiger charge is 2.54. The van der Waals surface area contributed by atoms with E-state index in [4.69, 9.17) is 37.5 Å². The maximum absolute atomic E-state index is 6.25. The summed E-state index contributed by atoms with van der Waals surface area (Å²) in [4.78, 5) is 5.49. The second-order valence-electron chi connectivity index (χ2n) is 6.23. The van der Waals surface area contributed by atoms with E-state index in [0.717, 1.165) is 0 Å². The first-order valence-corrected chi connectivity index (χ1v) is 7.59. The highest BCUT2D eigenvalue weighted by Crippen LogP contribution is 2.42. The van der Waals surface area contributed by atoms with E-state index in [-0.39, 0.29) is 11.3 Å². The molecule has 0 aromatic heterocycles. The fraction of sp³-hybridized carbons (Fsp3) is 0.533. The van der Waals surface area contributed by atoms with Crippen molar-refractivity contribution in [2.75, 3.05) is 13.2 Å². The van der Waals surface area contributed by atoms with Crippen LogP contribution in [-0.2, 0) is 14.3 Å². The zero-order valence-corrected chi connectivity index (χ0v) is 13.7. The predicted octanol–water partition coefficient (Wildman–Crippen LogP) is 4.09. The van der Waals surface area contributed by atoms with Crippen molar-refractivity contribution in [1.29, 1.82) is 0 Å². The molecule has 2 aliphatic rings. The molecule has 1 atom stereocenters. The van der Waals surface area contributed by atoms with Crippen molar-refractivity contribution < 1.29 is 14.3 Å². The van der Waals surface area contributed by atoms with Crippen LogP contribution in [0.1, 0.15) is 26.3 Å². The molecule has 1 saturated heterocycles. The lowest BCUT2D eigenvalue weighted by Crippen LogP contribution is -2.51. The van der Waals surface area contributed by atoms with Gasteiger partial charge < -0.3 is 14.3 Å². The molecule has 0 bridgehead atoms. The number of nitrogens with zero attached hydrogens (tertiary/aromatic N) is 1. The largest absolute Gasteiger partial charge is 0.358 e. The molecule has 1 spiro atoms. The number of benzene rings is 1. The summed E-state index contributed by atoms with van der Waals surface area (Å²) >= 11 is 12.5. The van der Waals surface area contributed by atoms with E-state index in [2.05, 4.69) is 19.0 Å². The lowest BCUT2D eigenvalue weighted by molar-refractivity contribution is -0.420. The third-order valence-corrected chi connectivity index (χ3v) is 4.39. The van der Waals surface area contributed by atoms with Crippen LogP contribution in [0.15, 0.2) is 23.4 Å². The van der Waals surface area contributed by atoms with E-state index >= 15 is 0 Å².